The fraction of sp³-hybridized carbons (Fsp3) is 0.188. The van der Waals surface area contributed by atoms with E-state index in [-0.39, 0.29) is 5.91 Å². The van der Waals surface area contributed by atoms with Crippen molar-refractivity contribution in [1.82, 2.24) is 0 Å². The lowest BCUT2D eigenvalue weighted by Gasteiger charge is -2.09. The largest absolute Gasteiger partial charge is 0.399 e. The molecule has 2 aromatic rings. The van der Waals surface area contributed by atoms with Crippen LogP contribution in [0.3, 0.4) is 0 Å². The minimum atomic E-state index is -0.118. The van der Waals surface area contributed by atoms with Crippen molar-refractivity contribution in [2.45, 2.75) is 20.1 Å². The Bertz CT molecular complexity index is 680. The molecule has 4 heteroatoms. The summed E-state index contributed by atoms with van der Waals surface area (Å²) in [6.45, 7) is 3.13. The summed E-state index contributed by atoms with van der Waals surface area (Å²) in [5, 5.41) is 2.91. The number of hydrogen-bond donors (Lipinski definition) is 2. The summed E-state index contributed by atoms with van der Waals surface area (Å²) >= 11 is 0. The van der Waals surface area contributed by atoms with Gasteiger partial charge in [0.15, 0.2) is 0 Å². The number of carbonyl (C=O) groups is 1. The summed E-state index contributed by atoms with van der Waals surface area (Å²) < 4.78 is 5.35. The molecule has 1 aliphatic rings. The van der Waals surface area contributed by atoms with Crippen LogP contribution in [-0.2, 0) is 18.0 Å². The molecule has 0 saturated carbocycles. The molecule has 3 N–H and O–H groups in total. The van der Waals surface area contributed by atoms with E-state index in [1.54, 1.807) is 6.07 Å². The molecule has 102 valence electrons. The molecule has 0 saturated heterocycles. The average Bonchev–Trinajstić information content (AvgIpc) is 2.89. The third-order valence-electron chi connectivity index (χ3n) is 3.48. The van der Waals surface area contributed by atoms with Gasteiger partial charge in [0.2, 0.25) is 0 Å². The minimum absolute atomic E-state index is 0.118. The molecule has 4 nitrogen and oxygen atoms in total. The van der Waals surface area contributed by atoms with Crippen LogP contribution >= 0.6 is 0 Å². The lowest BCUT2D eigenvalue weighted by atomic mass is 10.1. The lowest BCUT2D eigenvalue weighted by molar-refractivity contribution is 0.102. The van der Waals surface area contributed by atoms with E-state index in [1.807, 2.05) is 37.3 Å². The number of nitrogen functional groups attached to an aromatic ring is 1. The van der Waals surface area contributed by atoms with E-state index in [0.29, 0.717) is 24.5 Å². The first-order valence-corrected chi connectivity index (χ1v) is 6.50. The van der Waals surface area contributed by atoms with Crippen molar-refractivity contribution in [1.29, 1.82) is 0 Å². The van der Waals surface area contributed by atoms with E-state index in [0.717, 1.165) is 22.4 Å². The summed E-state index contributed by atoms with van der Waals surface area (Å²) in [5.41, 5.74) is 11.0. The van der Waals surface area contributed by atoms with Crippen molar-refractivity contribution >= 4 is 17.3 Å². The first-order valence-electron chi connectivity index (χ1n) is 6.50. The van der Waals surface area contributed by atoms with Crippen LogP contribution in [0.5, 0.6) is 0 Å². The zero-order valence-corrected chi connectivity index (χ0v) is 11.3. The Morgan fingerprint density at radius 2 is 1.95 bits per heavy atom. The first-order chi connectivity index (χ1) is 9.63. The average molecular weight is 268 g/mol. The van der Waals surface area contributed by atoms with Crippen LogP contribution in [0.15, 0.2) is 36.4 Å². The second-order valence-corrected chi connectivity index (χ2v) is 5.00. The summed E-state index contributed by atoms with van der Waals surface area (Å²) in [6.07, 6.45) is 0. The lowest BCUT2D eigenvalue weighted by Crippen LogP contribution is -2.13. The number of nitrogens with one attached hydrogen (secondary N) is 1. The molecule has 0 fully saturated rings. The number of aryl methyl sites for hydroxylation is 1. The van der Waals surface area contributed by atoms with Crippen LogP contribution in [0.1, 0.15) is 27.0 Å². The van der Waals surface area contributed by atoms with Gasteiger partial charge in [0.05, 0.1) is 13.2 Å². The number of amides is 1. The Morgan fingerprint density at radius 3 is 2.75 bits per heavy atom. The molecule has 0 aliphatic carbocycles. The van der Waals surface area contributed by atoms with Gasteiger partial charge in [-0.1, -0.05) is 6.07 Å². The molecule has 0 atom stereocenters. The predicted molar refractivity (Wildman–Crippen MR) is 78.5 cm³/mol. The van der Waals surface area contributed by atoms with Crippen LogP contribution < -0.4 is 11.1 Å². The van der Waals surface area contributed by atoms with Gasteiger partial charge in [-0.2, -0.15) is 0 Å². The molecule has 0 radical (unpaired) electrons. The number of benzene rings is 2. The van der Waals surface area contributed by atoms with Crippen LogP contribution in [0.2, 0.25) is 0 Å². The number of anilines is 2. The van der Waals surface area contributed by atoms with E-state index in [9.17, 15) is 4.79 Å². The monoisotopic (exact) mass is 268 g/mol. The SMILES string of the molecule is Cc1cc(N)ccc1NC(=O)c1ccc2c(c1)COC2. The molecule has 1 aliphatic heterocycles. The standard InChI is InChI=1S/C16H16N2O2/c1-10-6-14(17)4-5-15(10)18-16(19)11-2-3-12-8-20-9-13(12)7-11/h2-7H,8-9,17H2,1H3,(H,18,19). The quantitative estimate of drug-likeness (QED) is 0.823. The van der Waals surface area contributed by atoms with E-state index < -0.39 is 0 Å². The Morgan fingerprint density at radius 1 is 1.15 bits per heavy atom. The summed E-state index contributed by atoms with van der Waals surface area (Å²) in [5.74, 6) is -0.118. The maximum absolute atomic E-state index is 12.3. The number of nitrogens with two attached hydrogens (primary N) is 1. The van der Waals surface area contributed by atoms with Gasteiger partial charge in [-0.15, -0.1) is 0 Å². The summed E-state index contributed by atoms with van der Waals surface area (Å²) in [4.78, 5) is 12.3. The topological polar surface area (TPSA) is 64.3 Å². The van der Waals surface area contributed by atoms with Gasteiger partial charge in [0.1, 0.15) is 0 Å². The van der Waals surface area contributed by atoms with E-state index in [4.69, 9.17) is 10.5 Å². The Balaban J connectivity index is 1.82. The van der Waals surface area contributed by atoms with Gasteiger partial charge in [0.25, 0.3) is 5.91 Å². The molecule has 20 heavy (non-hydrogen) atoms. The summed E-state index contributed by atoms with van der Waals surface area (Å²) in [6, 6.07) is 11.1. The molecule has 0 bridgehead atoms. The maximum Gasteiger partial charge on any atom is 0.255 e. The van der Waals surface area contributed by atoms with Crippen LogP contribution in [0.4, 0.5) is 11.4 Å². The molecular weight excluding hydrogens is 252 g/mol. The molecule has 2 aromatic carbocycles. The fourth-order valence-corrected chi connectivity index (χ4v) is 2.33. The zero-order chi connectivity index (χ0) is 14.1. The van der Waals surface area contributed by atoms with Crippen LogP contribution in [-0.4, -0.2) is 5.91 Å². The number of hydrogen-bond acceptors (Lipinski definition) is 3. The number of ether oxygens (including phenoxy) is 1. The zero-order valence-electron chi connectivity index (χ0n) is 11.3. The highest BCUT2D eigenvalue weighted by atomic mass is 16.5. The molecule has 0 aromatic heterocycles. The highest BCUT2D eigenvalue weighted by molar-refractivity contribution is 6.04. The predicted octanol–water partition coefficient (Wildman–Crippen LogP) is 2.86. The normalized spacial score (nSPS) is 13.1. The third-order valence-corrected chi connectivity index (χ3v) is 3.48. The van der Waals surface area contributed by atoms with Crippen LogP contribution in [0, 0.1) is 6.92 Å². The molecule has 0 spiro atoms. The highest BCUT2D eigenvalue weighted by Crippen LogP contribution is 2.22. The Kier molecular flexibility index (Phi) is 3.16. The minimum Gasteiger partial charge on any atom is -0.399 e. The highest BCUT2D eigenvalue weighted by Gasteiger charge is 2.14. The van der Waals surface area contributed by atoms with Crippen molar-refractivity contribution in [3.05, 3.63) is 58.7 Å². The van der Waals surface area contributed by atoms with E-state index in [1.165, 1.54) is 0 Å². The van der Waals surface area contributed by atoms with Crippen molar-refractivity contribution in [3.8, 4) is 0 Å². The first kappa shape index (κ1) is 12.7. The maximum atomic E-state index is 12.3. The third kappa shape index (κ3) is 2.38. The number of fused-ring (bicyclic) bond motifs is 1. The molecule has 3 rings (SSSR count). The second kappa shape index (κ2) is 4.98. The van der Waals surface area contributed by atoms with Crippen molar-refractivity contribution in [2.24, 2.45) is 0 Å². The van der Waals surface area contributed by atoms with E-state index >= 15 is 0 Å². The van der Waals surface area contributed by atoms with Gasteiger partial charge in [-0.05, 0) is 53.9 Å². The number of rotatable bonds is 2. The fourth-order valence-electron chi connectivity index (χ4n) is 2.33. The van der Waals surface area contributed by atoms with Crippen molar-refractivity contribution < 1.29 is 9.53 Å². The van der Waals surface area contributed by atoms with E-state index in [2.05, 4.69) is 5.32 Å². The molecule has 1 amide bonds. The summed E-state index contributed by atoms with van der Waals surface area (Å²) in [7, 11) is 0. The second-order valence-electron chi connectivity index (χ2n) is 5.00. The molecular formula is C16H16N2O2. The van der Waals surface area contributed by atoms with Gasteiger partial charge in [-0.3, -0.25) is 4.79 Å². The van der Waals surface area contributed by atoms with Gasteiger partial charge < -0.3 is 15.8 Å². The molecule has 0 unspecified atom stereocenters. The molecule has 1 heterocycles. The van der Waals surface area contributed by atoms with Gasteiger partial charge in [-0.25, -0.2) is 0 Å². The Labute approximate surface area is 117 Å². The number of carbonyl (C=O) groups excluding carboxylic acids is 1. The Hall–Kier alpha value is -2.33. The smallest absolute Gasteiger partial charge is 0.255 e. The van der Waals surface area contributed by atoms with Crippen molar-refractivity contribution in [2.75, 3.05) is 11.1 Å². The van der Waals surface area contributed by atoms with Crippen molar-refractivity contribution in [3.63, 3.8) is 0 Å². The van der Waals surface area contributed by atoms with Crippen LogP contribution in [0.25, 0.3) is 0 Å². The van der Waals surface area contributed by atoms with Gasteiger partial charge in [0, 0.05) is 16.9 Å². The van der Waals surface area contributed by atoms with Gasteiger partial charge >= 0.3 is 0 Å².